The number of hydrogen-bond acceptors (Lipinski definition) is 4. The van der Waals surface area contributed by atoms with E-state index in [1.54, 1.807) is 0 Å². The van der Waals surface area contributed by atoms with Crippen LogP contribution in [0.5, 0.6) is 5.75 Å². The normalized spacial score (nSPS) is 12.7. The van der Waals surface area contributed by atoms with Gasteiger partial charge in [-0.15, -0.1) is 0 Å². The van der Waals surface area contributed by atoms with Crippen LogP contribution in [0.15, 0.2) is 40.9 Å². The molecule has 0 radical (unpaired) electrons. The highest BCUT2D eigenvalue weighted by atomic mass is 79.9. The van der Waals surface area contributed by atoms with Crippen LogP contribution < -0.4 is 10.1 Å². The monoisotopic (exact) mass is 502 g/mol. The van der Waals surface area contributed by atoms with Crippen molar-refractivity contribution in [1.29, 1.82) is 0 Å². The van der Waals surface area contributed by atoms with Gasteiger partial charge >= 0.3 is 0 Å². The third kappa shape index (κ3) is 6.30. The summed E-state index contributed by atoms with van der Waals surface area (Å²) in [6.45, 7) is 11.5. The minimum atomic E-state index is -0.0352. The zero-order valence-corrected chi connectivity index (χ0v) is 21.3. The Hall–Kier alpha value is -1.92. The molecule has 1 unspecified atom stereocenters. The molecule has 0 aliphatic heterocycles. The lowest BCUT2D eigenvalue weighted by Gasteiger charge is -2.20. The van der Waals surface area contributed by atoms with Crippen molar-refractivity contribution in [2.75, 3.05) is 11.9 Å². The summed E-state index contributed by atoms with van der Waals surface area (Å²) in [6, 6.07) is 12.5. The van der Waals surface area contributed by atoms with Crippen LogP contribution in [0.3, 0.4) is 0 Å². The molecule has 2 aromatic carbocycles. The van der Waals surface area contributed by atoms with E-state index < -0.39 is 0 Å². The Bertz CT molecular complexity index is 1060. The average Bonchev–Trinajstić information content (AvgIpc) is 3.11. The molecule has 0 saturated heterocycles. The minimum Gasteiger partial charge on any atom is -0.492 e. The standard InChI is InChI=1S/C25H31BrN2O2S/c1-6-16(2)17-9-11-20-22(14-17)31-24(27-20)28-23(29)8-7-13-30-21-12-10-18(15-19(21)26)25(3,4)5/h9-12,14-16H,6-8,13H2,1-5H3,(H,27,28,29). The summed E-state index contributed by atoms with van der Waals surface area (Å²) in [6.07, 6.45) is 2.14. The maximum Gasteiger partial charge on any atom is 0.226 e. The number of ether oxygens (including phenoxy) is 1. The van der Waals surface area contributed by atoms with Crippen LogP contribution >= 0.6 is 27.3 Å². The summed E-state index contributed by atoms with van der Waals surface area (Å²) in [7, 11) is 0. The van der Waals surface area contributed by atoms with Crippen LogP contribution in [0.4, 0.5) is 5.13 Å². The number of hydrogen-bond donors (Lipinski definition) is 1. The van der Waals surface area contributed by atoms with Gasteiger partial charge in [-0.3, -0.25) is 4.79 Å². The predicted octanol–water partition coefficient (Wildman–Crippen LogP) is 7.67. The number of anilines is 1. The minimum absolute atomic E-state index is 0.0352. The summed E-state index contributed by atoms with van der Waals surface area (Å²) in [5.74, 6) is 1.29. The van der Waals surface area contributed by atoms with E-state index in [-0.39, 0.29) is 11.3 Å². The van der Waals surface area contributed by atoms with Crippen molar-refractivity contribution in [3.05, 3.63) is 52.0 Å². The Morgan fingerprint density at radius 1 is 1.23 bits per heavy atom. The Morgan fingerprint density at radius 2 is 2.00 bits per heavy atom. The molecular formula is C25H31BrN2O2S. The topological polar surface area (TPSA) is 51.2 Å². The molecule has 0 spiro atoms. The first-order chi connectivity index (χ1) is 14.7. The molecule has 0 saturated carbocycles. The molecule has 0 aliphatic rings. The van der Waals surface area contributed by atoms with Crippen LogP contribution in [-0.4, -0.2) is 17.5 Å². The van der Waals surface area contributed by atoms with Crippen molar-refractivity contribution >= 4 is 48.5 Å². The van der Waals surface area contributed by atoms with E-state index in [0.29, 0.717) is 30.5 Å². The first-order valence-corrected chi connectivity index (χ1v) is 12.4. The molecule has 31 heavy (non-hydrogen) atoms. The number of carbonyl (C=O) groups excluding carboxylic acids is 1. The van der Waals surface area contributed by atoms with Gasteiger partial charge in [0.05, 0.1) is 21.3 Å². The van der Waals surface area contributed by atoms with Crippen LogP contribution in [0.2, 0.25) is 0 Å². The third-order valence-corrected chi connectivity index (χ3v) is 7.00. The number of rotatable bonds is 8. The number of benzene rings is 2. The number of amides is 1. The fraction of sp³-hybridized carbons (Fsp3) is 0.440. The lowest BCUT2D eigenvalue weighted by molar-refractivity contribution is -0.116. The molecule has 1 amide bonds. The molecule has 1 aromatic heterocycles. The van der Waals surface area contributed by atoms with Gasteiger partial charge in [0.15, 0.2) is 5.13 Å². The zero-order chi connectivity index (χ0) is 22.6. The third-order valence-electron chi connectivity index (χ3n) is 5.44. The van der Waals surface area contributed by atoms with E-state index in [2.05, 4.69) is 85.1 Å². The number of halogens is 1. The highest BCUT2D eigenvalue weighted by Gasteiger charge is 2.15. The summed E-state index contributed by atoms with van der Waals surface area (Å²) >= 11 is 5.12. The van der Waals surface area contributed by atoms with Crippen molar-refractivity contribution in [2.24, 2.45) is 0 Å². The fourth-order valence-electron chi connectivity index (χ4n) is 3.22. The van der Waals surface area contributed by atoms with Gasteiger partial charge in [-0.05, 0) is 75.5 Å². The lowest BCUT2D eigenvalue weighted by Crippen LogP contribution is -2.13. The SMILES string of the molecule is CCC(C)c1ccc2nc(NC(=O)CCCOc3ccc(C(C)(C)C)cc3Br)sc2c1. The Labute approximate surface area is 197 Å². The second kappa shape index (κ2) is 10.1. The molecule has 3 rings (SSSR count). The first-order valence-electron chi connectivity index (χ1n) is 10.8. The summed E-state index contributed by atoms with van der Waals surface area (Å²) in [4.78, 5) is 16.9. The van der Waals surface area contributed by atoms with Crippen molar-refractivity contribution in [1.82, 2.24) is 4.98 Å². The van der Waals surface area contributed by atoms with E-state index in [4.69, 9.17) is 4.74 Å². The molecule has 1 heterocycles. The summed E-state index contributed by atoms with van der Waals surface area (Å²) < 4.78 is 7.91. The fourth-order valence-corrected chi connectivity index (χ4v) is 4.64. The maximum absolute atomic E-state index is 12.3. The highest BCUT2D eigenvalue weighted by Crippen LogP contribution is 2.32. The molecule has 0 fully saturated rings. The number of carbonyl (C=O) groups is 1. The van der Waals surface area contributed by atoms with Crippen molar-refractivity contribution in [2.45, 2.75) is 65.2 Å². The molecule has 0 bridgehead atoms. The second-order valence-corrected chi connectivity index (χ2v) is 10.8. The van der Waals surface area contributed by atoms with Gasteiger partial charge in [0, 0.05) is 6.42 Å². The lowest BCUT2D eigenvalue weighted by atomic mass is 9.87. The van der Waals surface area contributed by atoms with Crippen LogP contribution in [0, 0.1) is 0 Å². The predicted molar refractivity (Wildman–Crippen MR) is 135 cm³/mol. The molecule has 3 aromatic rings. The van der Waals surface area contributed by atoms with E-state index in [1.807, 2.05) is 12.1 Å². The Balaban J connectivity index is 1.49. The number of nitrogens with zero attached hydrogens (tertiary/aromatic N) is 1. The summed E-state index contributed by atoms with van der Waals surface area (Å²) in [5.41, 5.74) is 3.59. The van der Waals surface area contributed by atoms with Crippen LogP contribution in [0.1, 0.15) is 70.9 Å². The quantitative estimate of drug-likeness (QED) is 0.321. The van der Waals surface area contributed by atoms with Crippen LogP contribution in [0.25, 0.3) is 10.2 Å². The average molecular weight is 504 g/mol. The summed E-state index contributed by atoms with van der Waals surface area (Å²) in [5, 5.41) is 3.59. The van der Waals surface area contributed by atoms with Crippen molar-refractivity contribution in [3.63, 3.8) is 0 Å². The number of thiazole rings is 1. The smallest absolute Gasteiger partial charge is 0.226 e. The zero-order valence-electron chi connectivity index (χ0n) is 18.9. The van der Waals surface area contributed by atoms with Gasteiger partial charge in [-0.2, -0.15) is 0 Å². The van der Waals surface area contributed by atoms with Gasteiger partial charge in [0.25, 0.3) is 0 Å². The Kier molecular flexibility index (Phi) is 7.76. The van der Waals surface area contributed by atoms with E-state index >= 15 is 0 Å². The first kappa shape index (κ1) is 23.7. The maximum atomic E-state index is 12.3. The second-order valence-electron chi connectivity index (χ2n) is 8.95. The molecule has 1 N–H and O–H groups in total. The van der Waals surface area contributed by atoms with E-state index in [0.717, 1.165) is 26.9 Å². The highest BCUT2D eigenvalue weighted by molar-refractivity contribution is 9.10. The van der Waals surface area contributed by atoms with Gasteiger partial charge in [0.1, 0.15) is 5.75 Å². The van der Waals surface area contributed by atoms with E-state index in [9.17, 15) is 4.79 Å². The number of fused-ring (bicyclic) bond motifs is 1. The van der Waals surface area contributed by atoms with E-state index in [1.165, 1.54) is 22.5 Å². The molecule has 0 aliphatic carbocycles. The largest absolute Gasteiger partial charge is 0.492 e. The molecule has 6 heteroatoms. The molecule has 4 nitrogen and oxygen atoms in total. The molecular weight excluding hydrogens is 472 g/mol. The van der Waals surface area contributed by atoms with Gasteiger partial charge in [-0.1, -0.05) is 58.1 Å². The Morgan fingerprint density at radius 3 is 2.68 bits per heavy atom. The van der Waals surface area contributed by atoms with Crippen molar-refractivity contribution < 1.29 is 9.53 Å². The van der Waals surface area contributed by atoms with Crippen LogP contribution in [-0.2, 0) is 10.2 Å². The van der Waals surface area contributed by atoms with Crippen molar-refractivity contribution in [3.8, 4) is 5.75 Å². The van der Waals surface area contributed by atoms with Gasteiger partial charge in [-0.25, -0.2) is 4.98 Å². The molecule has 166 valence electrons. The molecule has 1 atom stereocenters. The van der Waals surface area contributed by atoms with Gasteiger partial charge < -0.3 is 10.1 Å². The number of aromatic nitrogens is 1. The number of nitrogens with one attached hydrogen (secondary N) is 1. The van der Waals surface area contributed by atoms with Gasteiger partial charge in [0.2, 0.25) is 5.91 Å².